The number of nitrogens with zero attached hydrogens (tertiary/aromatic N) is 1. The second-order valence-corrected chi connectivity index (χ2v) is 5.33. The number of amides is 3. The Hall–Kier alpha value is -3.11. The summed E-state index contributed by atoms with van der Waals surface area (Å²) in [4.78, 5) is 23.7. The normalized spacial score (nSPS) is 9.80. The van der Waals surface area contributed by atoms with Crippen LogP contribution in [0.1, 0.15) is 15.9 Å². The van der Waals surface area contributed by atoms with Gasteiger partial charge in [0.2, 0.25) is 0 Å². The highest BCUT2D eigenvalue weighted by Gasteiger charge is 2.10. The summed E-state index contributed by atoms with van der Waals surface area (Å²) in [6.07, 6.45) is 0. The van der Waals surface area contributed by atoms with E-state index in [9.17, 15) is 14.0 Å². The molecule has 0 aliphatic heterocycles. The van der Waals surface area contributed by atoms with E-state index < -0.39 is 11.8 Å². The molecule has 2 rings (SSSR count). The molecule has 0 unspecified atom stereocenters. The van der Waals surface area contributed by atoms with Crippen molar-refractivity contribution in [2.45, 2.75) is 0 Å². The molecular weight excluding hydrogens is 347 g/mol. The third kappa shape index (κ3) is 5.19. The summed E-state index contributed by atoms with van der Waals surface area (Å²) in [5, 5.41) is 16.8. The largest absolute Gasteiger partial charge is 0.350 e. The Morgan fingerprint density at radius 1 is 1.12 bits per heavy atom. The van der Waals surface area contributed by atoms with Gasteiger partial charge in [-0.3, -0.25) is 4.79 Å². The standard InChI is InChI=1S/C17H14ClFN4O2/c18-14-4-2-1-3-13(14)16(24)21-7-8-22-17(25)23-15-6-5-12(19)9-11(15)10-20/h1-6,9H,7-8H2,(H,21,24)(H2,22,23,25). The Bertz CT molecular complexity index is 836. The van der Waals surface area contributed by atoms with E-state index in [1.54, 1.807) is 30.3 Å². The smallest absolute Gasteiger partial charge is 0.319 e. The third-order valence-corrected chi connectivity index (χ3v) is 3.49. The average Bonchev–Trinajstić information content (AvgIpc) is 2.60. The minimum absolute atomic E-state index is 0.0159. The Balaban J connectivity index is 1.79. The monoisotopic (exact) mass is 360 g/mol. The molecule has 0 bridgehead atoms. The molecule has 3 N–H and O–H groups in total. The number of carbonyl (C=O) groups is 2. The molecule has 0 saturated heterocycles. The van der Waals surface area contributed by atoms with Crippen molar-refractivity contribution in [3.63, 3.8) is 0 Å². The van der Waals surface area contributed by atoms with Crippen LogP contribution in [0, 0.1) is 17.1 Å². The van der Waals surface area contributed by atoms with Crippen LogP contribution in [0.15, 0.2) is 42.5 Å². The lowest BCUT2D eigenvalue weighted by molar-refractivity contribution is 0.0954. The molecule has 0 fully saturated rings. The molecule has 0 saturated carbocycles. The fourth-order valence-corrected chi connectivity index (χ4v) is 2.20. The molecule has 0 aliphatic carbocycles. The van der Waals surface area contributed by atoms with E-state index in [2.05, 4.69) is 16.0 Å². The van der Waals surface area contributed by atoms with E-state index >= 15 is 0 Å². The predicted octanol–water partition coefficient (Wildman–Crippen LogP) is 2.90. The number of rotatable bonds is 5. The van der Waals surface area contributed by atoms with Gasteiger partial charge in [-0.2, -0.15) is 5.26 Å². The van der Waals surface area contributed by atoms with Crippen LogP contribution in [-0.4, -0.2) is 25.0 Å². The highest BCUT2D eigenvalue weighted by atomic mass is 35.5. The van der Waals surface area contributed by atoms with Gasteiger partial charge in [-0.25, -0.2) is 9.18 Å². The van der Waals surface area contributed by atoms with Crippen molar-refractivity contribution < 1.29 is 14.0 Å². The van der Waals surface area contributed by atoms with Gasteiger partial charge >= 0.3 is 6.03 Å². The van der Waals surface area contributed by atoms with E-state index in [-0.39, 0.29) is 30.2 Å². The highest BCUT2D eigenvalue weighted by Crippen LogP contribution is 2.16. The number of benzene rings is 2. The van der Waals surface area contributed by atoms with E-state index in [1.165, 1.54) is 6.07 Å². The summed E-state index contributed by atoms with van der Waals surface area (Å²) in [5.41, 5.74) is 0.558. The van der Waals surface area contributed by atoms with Gasteiger partial charge in [0.1, 0.15) is 11.9 Å². The van der Waals surface area contributed by atoms with Gasteiger partial charge < -0.3 is 16.0 Å². The topological polar surface area (TPSA) is 94.0 Å². The lowest BCUT2D eigenvalue weighted by Crippen LogP contribution is -2.37. The molecule has 0 aliphatic rings. The number of nitrogens with one attached hydrogen (secondary N) is 3. The molecule has 2 aromatic carbocycles. The minimum Gasteiger partial charge on any atom is -0.350 e. The number of nitriles is 1. The van der Waals surface area contributed by atoms with Crippen LogP contribution in [0.2, 0.25) is 5.02 Å². The van der Waals surface area contributed by atoms with Crippen LogP contribution < -0.4 is 16.0 Å². The zero-order valence-corrected chi connectivity index (χ0v) is 13.7. The van der Waals surface area contributed by atoms with E-state index in [4.69, 9.17) is 16.9 Å². The summed E-state index contributed by atoms with van der Waals surface area (Å²) in [6, 6.07) is 11.3. The zero-order valence-electron chi connectivity index (χ0n) is 13.0. The second-order valence-electron chi connectivity index (χ2n) is 4.92. The highest BCUT2D eigenvalue weighted by molar-refractivity contribution is 6.33. The summed E-state index contributed by atoms with van der Waals surface area (Å²) in [5.74, 6) is -0.914. The maximum Gasteiger partial charge on any atom is 0.319 e. The summed E-state index contributed by atoms with van der Waals surface area (Å²) in [7, 11) is 0. The van der Waals surface area contributed by atoms with Crippen molar-refractivity contribution >= 4 is 29.2 Å². The zero-order chi connectivity index (χ0) is 18.2. The van der Waals surface area contributed by atoms with Crippen molar-refractivity contribution in [3.05, 3.63) is 64.4 Å². The van der Waals surface area contributed by atoms with Gasteiger partial charge in [-0.1, -0.05) is 23.7 Å². The molecule has 128 valence electrons. The van der Waals surface area contributed by atoms with E-state index in [0.29, 0.717) is 10.6 Å². The number of halogens is 2. The van der Waals surface area contributed by atoms with Crippen molar-refractivity contribution in [2.24, 2.45) is 0 Å². The molecule has 0 aromatic heterocycles. The molecule has 3 amide bonds. The SMILES string of the molecule is N#Cc1cc(F)ccc1NC(=O)NCCNC(=O)c1ccccc1Cl. The quantitative estimate of drug-likeness (QED) is 0.715. The van der Waals surface area contributed by atoms with Gasteiger partial charge in [-0.15, -0.1) is 0 Å². The second kappa shape index (κ2) is 8.66. The minimum atomic E-state index is -0.574. The van der Waals surface area contributed by atoms with Gasteiger partial charge in [0, 0.05) is 13.1 Å². The van der Waals surface area contributed by atoms with Crippen LogP contribution in [-0.2, 0) is 0 Å². The lowest BCUT2D eigenvalue weighted by atomic mass is 10.2. The maximum absolute atomic E-state index is 13.0. The van der Waals surface area contributed by atoms with Crippen molar-refractivity contribution in [1.82, 2.24) is 10.6 Å². The fourth-order valence-electron chi connectivity index (χ4n) is 1.98. The van der Waals surface area contributed by atoms with Crippen molar-refractivity contribution in [1.29, 1.82) is 5.26 Å². The van der Waals surface area contributed by atoms with Crippen LogP contribution in [0.4, 0.5) is 14.9 Å². The van der Waals surface area contributed by atoms with Gasteiger partial charge in [-0.05, 0) is 30.3 Å². The average molecular weight is 361 g/mol. The summed E-state index contributed by atoms with van der Waals surface area (Å²) in [6.45, 7) is 0.344. The Labute approximate surface area is 148 Å². The molecule has 2 aromatic rings. The number of anilines is 1. The van der Waals surface area contributed by atoms with E-state index in [1.807, 2.05) is 0 Å². The Morgan fingerprint density at radius 2 is 1.84 bits per heavy atom. The first-order valence-electron chi connectivity index (χ1n) is 7.28. The van der Waals surface area contributed by atoms with Gasteiger partial charge in [0.25, 0.3) is 5.91 Å². The summed E-state index contributed by atoms with van der Waals surface area (Å²) < 4.78 is 13.0. The van der Waals surface area contributed by atoms with Crippen LogP contribution in [0.25, 0.3) is 0 Å². The molecule has 8 heteroatoms. The van der Waals surface area contributed by atoms with Gasteiger partial charge in [0.15, 0.2) is 0 Å². The molecule has 0 atom stereocenters. The fraction of sp³-hybridized carbons (Fsp3) is 0.118. The number of urea groups is 1. The first-order valence-corrected chi connectivity index (χ1v) is 7.66. The molecule has 0 heterocycles. The molecule has 6 nitrogen and oxygen atoms in total. The molecule has 0 spiro atoms. The molecular formula is C17H14ClFN4O2. The van der Waals surface area contributed by atoms with Crippen molar-refractivity contribution in [2.75, 3.05) is 18.4 Å². The Morgan fingerprint density at radius 3 is 2.56 bits per heavy atom. The first-order chi connectivity index (χ1) is 12.0. The lowest BCUT2D eigenvalue weighted by Gasteiger charge is -2.10. The van der Waals surface area contributed by atoms with Crippen molar-refractivity contribution in [3.8, 4) is 6.07 Å². The number of hydrogen-bond acceptors (Lipinski definition) is 3. The predicted molar refractivity (Wildman–Crippen MR) is 91.9 cm³/mol. The number of hydrogen-bond donors (Lipinski definition) is 3. The van der Waals surface area contributed by atoms with Crippen LogP contribution in [0.3, 0.4) is 0 Å². The summed E-state index contributed by atoms with van der Waals surface area (Å²) >= 11 is 5.92. The van der Waals surface area contributed by atoms with Crippen LogP contribution >= 0.6 is 11.6 Å². The third-order valence-electron chi connectivity index (χ3n) is 3.16. The van der Waals surface area contributed by atoms with Gasteiger partial charge in [0.05, 0.1) is 21.8 Å². The molecule has 25 heavy (non-hydrogen) atoms. The maximum atomic E-state index is 13.0. The van der Waals surface area contributed by atoms with Crippen LogP contribution in [0.5, 0.6) is 0 Å². The Kier molecular flexibility index (Phi) is 6.32. The number of carbonyl (C=O) groups excluding carboxylic acids is 2. The molecule has 0 radical (unpaired) electrons. The van der Waals surface area contributed by atoms with E-state index in [0.717, 1.165) is 12.1 Å². The first kappa shape index (κ1) is 18.2.